The van der Waals surface area contributed by atoms with E-state index in [4.69, 9.17) is 4.74 Å². The first kappa shape index (κ1) is 19.3. The Labute approximate surface area is 202 Å². The summed E-state index contributed by atoms with van der Waals surface area (Å²) in [5.74, 6) is 1.85. The summed E-state index contributed by atoms with van der Waals surface area (Å²) in [4.78, 5) is 2.55. The van der Waals surface area contributed by atoms with Gasteiger partial charge in [0.15, 0.2) is 0 Å². The Hall–Kier alpha value is -4.14. The summed E-state index contributed by atoms with van der Waals surface area (Å²) in [6, 6.07) is 43.1. The minimum absolute atomic E-state index is 0.921. The maximum Gasteiger partial charge on any atom is 0.135 e. The number of hydrogen-bond acceptors (Lipinski definition) is 2. The number of fused-ring (bicyclic) bond motifs is 2. The Kier molecular flexibility index (Phi) is 4.39. The third-order valence-electron chi connectivity index (χ3n) is 6.50. The third-order valence-corrected chi connectivity index (χ3v) is 7.69. The first-order chi connectivity index (χ1) is 16.8. The van der Waals surface area contributed by atoms with Gasteiger partial charge in [0.1, 0.15) is 11.5 Å². The van der Waals surface area contributed by atoms with E-state index in [9.17, 15) is 0 Å². The van der Waals surface area contributed by atoms with E-state index >= 15 is 0 Å². The van der Waals surface area contributed by atoms with E-state index in [0.29, 0.717) is 0 Å². The Morgan fingerprint density at radius 2 is 1.12 bits per heavy atom. The Morgan fingerprint density at radius 1 is 0.441 bits per heavy atom. The lowest BCUT2D eigenvalue weighted by atomic mass is 9.92. The molecule has 0 N–H and O–H groups in total. The number of thiophene rings is 1. The smallest absolute Gasteiger partial charge is 0.135 e. The van der Waals surface area contributed by atoms with Crippen LogP contribution in [0, 0.1) is 0 Å². The van der Waals surface area contributed by atoms with E-state index in [-0.39, 0.29) is 0 Å². The second kappa shape index (κ2) is 7.72. The Balaban J connectivity index is 1.30. The lowest BCUT2D eigenvalue weighted by molar-refractivity contribution is 0.487. The average Bonchev–Trinajstić information content (AvgIpc) is 3.40. The van der Waals surface area contributed by atoms with Gasteiger partial charge in [-0.1, -0.05) is 84.9 Å². The molecule has 1 aliphatic rings. The molecule has 0 spiro atoms. The standard InChI is InChI=1S/C32H20OS/c1-2-7-21(8-3-1)22-13-15-23(16-14-22)30-17-18-31(34-30)25-19-24-9-6-12-29-32(24)27(20-25)26-10-4-5-11-28(26)33-29/h1-20H. The fourth-order valence-electron chi connectivity index (χ4n) is 4.84. The van der Waals surface area contributed by atoms with Crippen LogP contribution in [0.25, 0.3) is 53.9 Å². The van der Waals surface area contributed by atoms with E-state index in [1.165, 1.54) is 48.3 Å². The molecule has 1 aromatic heterocycles. The lowest BCUT2D eigenvalue weighted by Crippen LogP contribution is -1.97. The van der Waals surface area contributed by atoms with E-state index in [1.54, 1.807) is 0 Å². The van der Waals surface area contributed by atoms with Crippen molar-refractivity contribution in [1.82, 2.24) is 0 Å². The average molecular weight is 453 g/mol. The van der Waals surface area contributed by atoms with E-state index in [0.717, 1.165) is 17.1 Å². The van der Waals surface area contributed by atoms with Gasteiger partial charge >= 0.3 is 0 Å². The van der Waals surface area contributed by atoms with Crippen LogP contribution in [0.15, 0.2) is 121 Å². The molecule has 2 heterocycles. The van der Waals surface area contributed by atoms with Gasteiger partial charge in [-0.05, 0) is 69.6 Å². The molecule has 7 rings (SSSR count). The second-order valence-corrected chi connectivity index (χ2v) is 9.67. The monoisotopic (exact) mass is 452 g/mol. The molecule has 0 unspecified atom stereocenters. The van der Waals surface area contributed by atoms with Crippen molar-refractivity contribution in [1.29, 1.82) is 0 Å². The Morgan fingerprint density at radius 3 is 1.97 bits per heavy atom. The number of benzene rings is 5. The molecule has 5 aromatic carbocycles. The summed E-state index contributed by atoms with van der Waals surface area (Å²) in [5.41, 5.74) is 7.38. The summed E-state index contributed by atoms with van der Waals surface area (Å²) in [7, 11) is 0. The molecule has 6 aromatic rings. The van der Waals surface area contributed by atoms with Crippen LogP contribution in [0.3, 0.4) is 0 Å². The maximum absolute atomic E-state index is 6.20. The number of rotatable bonds is 3. The molecule has 0 saturated carbocycles. The molecule has 160 valence electrons. The van der Waals surface area contributed by atoms with Crippen LogP contribution >= 0.6 is 11.3 Å². The molecule has 0 bridgehead atoms. The van der Waals surface area contributed by atoms with Crippen LogP contribution in [-0.2, 0) is 0 Å². The van der Waals surface area contributed by atoms with Crippen LogP contribution in [0.1, 0.15) is 0 Å². The molecule has 1 nitrogen and oxygen atoms in total. The topological polar surface area (TPSA) is 9.23 Å². The molecule has 0 fully saturated rings. The minimum Gasteiger partial charge on any atom is -0.456 e. The number of hydrogen-bond donors (Lipinski definition) is 0. The fraction of sp³-hybridized carbons (Fsp3) is 0. The minimum atomic E-state index is 0.921. The first-order valence-corrected chi connectivity index (χ1v) is 12.3. The summed E-state index contributed by atoms with van der Waals surface area (Å²) in [5, 5.41) is 2.40. The van der Waals surface area contributed by atoms with Crippen LogP contribution in [0.4, 0.5) is 0 Å². The van der Waals surface area contributed by atoms with Gasteiger partial charge in [-0.2, -0.15) is 0 Å². The van der Waals surface area contributed by atoms with Crippen molar-refractivity contribution < 1.29 is 4.74 Å². The van der Waals surface area contributed by atoms with Crippen molar-refractivity contribution >= 4 is 22.1 Å². The molecule has 1 aliphatic heterocycles. The molecular formula is C32H20OS. The maximum atomic E-state index is 6.20. The summed E-state index contributed by atoms with van der Waals surface area (Å²) >= 11 is 1.84. The van der Waals surface area contributed by atoms with E-state index < -0.39 is 0 Å². The SMILES string of the molecule is c1ccc(-c2ccc(-c3ccc(-c4cc5c6c(cccc6c4)Oc4ccccc4-5)s3)cc2)cc1. The van der Waals surface area contributed by atoms with Crippen LogP contribution in [0.2, 0.25) is 0 Å². The lowest BCUT2D eigenvalue weighted by Gasteiger charge is -2.21. The van der Waals surface area contributed by atoms with Crippen molar-refractivity contribution in [3.63, 3.8) is 0 Å². The third kappa shape index (κ3) is 3.15. The van der Waals surface area contributed by atoms with E-state index in [1.807, 2.05) is 23.5 Å². The summed E-state index contributed by atoms with van der Waals surface area (Å²) in [6.45, 7) is 0. The largest absolute Gasteiger partial charge is 0.456 e. The molecule has 2 heteroatoms. The number of ether oxygens (including phenoxy) is 1. The quantitative estimate of drug-likeness (QED) is 0.259. The van der Waals surface area contributed by atoms with Crippen molar-refractivity contribution in [2.75, 3.05) is 0 Å². The van der Waals surface area contributed by atoms with Crippen LogP contribution < -0.4 is 4.74 Å². The molecule has 0 aliphatic carbocycles. The van der Waals surface area contributed by atoms with Gasteiger partial charge in [0.25, 0.3) is 0 Å². The van der Waals surface area contributed by atoms with Gasteiger partial charge in [-0.25, -0.2) is 0 Å². The second-order valence-electron chi connectivity index (χ2n) is 8.58. The van der Waals surface area contributed by atoms with Crippen molar-refractivity contribution in [2.24, 2.45) is 0 Å². The molecular weight excluding hydrogens is 432 g/mol. The molecule has 34 heavy (non-hydrogen) atoms. The Bertz CT molecular complexity index is 1660. The predicted octanol–water partition coefficient (Wildman–Crippen LogP) is 9.67. The van der Waals surface area contributed by atoms with E-state index in [2.05, 4.69) is 109 Å². The van der Waals surface area contributed by atoms with Crippen LogP contribution in [0.5, 0.6) is 11.5 Å². The van der Waals surface area contributed by atoms with Gasteiger partial charge in [-0.3, -0.25) is 0 Å². The summed E-state index contributed by atoms with van der Waals surface area (Å²) < 4.78 is 6.20. The van der Waals surface area contributed by atoms with Crippen molar-refractivity contribution in [3.8, 4) is 54.6 Å². The molecule has 0 amide bonds. The highest BCUT2D eigenvalue weighted by Gasteiger charge is 2.20. The van der Waals surface area contributed by atoms with Gasteiger partial charge in [0.2, 0.25) is 0 Å². The zero-order valence-corrected chi connectivity index (χ0v) is 19.2. The normalized spacial score (nSPS) is 11.8. The molecule has 0 saturated heterocycles. The predicted molar refractivity (Wildman–Crippen MR) is 144 cm³/mol. The van der Waals surface area contributed by atoms with Gasteiger partial charge in [0, 0.05) is 20.7 Å². The molecule has 0 radical (unpaired) electrons. The highest BCUT2D eigenvalue weighted by molar-refractivity contribution is 7.18. The first-order valence-electron chi connectivity index (χ1n) is 11.4. The van der Waals surface area contributed by atoms with Gasteiger partial charge in [-0.15, -0.1) is 11.3 Å². The van der Waals surface area contributed by atoms with Gasteiger partial charge in [0.05, 0.1) is 0 Å². The number of para-hydroxylation sites is 1. The van der Waals surface area contributed by atoms with Crippen LogP contribution in [-0.4, -0.2) is 0 Å². The zero-order chi connectivity index (χ0) is 22.5. The van der Waals surface area contributed by atoms with Gasteiger partial charge < -0.3 is 4.74 Å². The highest BCUT2D eigenvalue weighted by atomic mass is 32.1. The summed E-state index contributed by atoms with van der Waals surface area (Å²) in [6.07, 6.45) is 0. The van der Waals surface area contributed by atoms with Crippen molar-refractivity contribution in [2.45, 2.75) is 0 Å². The highest BCUT2D eigenvalue weighted by Crippen LogP contribution is 2.48. The fourth-order valence-corrected chi connectivity index (χ4v) is 5.83. The zero-order valence-electron chi connectivity index (χ0n) is 18.4. The van der Waals surface area contributed by atoms with Crippen molar-refractivity contribution in [3.05, 3.63) is 121 Å². The molecule has 0 atom stereocenters.